The molecule has 25 heavy (non-hydrogen) atoms. The highest BCUT2D eigenvalue weighted by Gasteiger charge is 2.22. The number of hydrogen-bond donors (Lipinski definition) is 2. The van der Waals surface area contributed by atoms with Gasteiger partial charge in [-0.3, -0.25) is 0 Å². The van der Waals surface area contributed by atoms with Gasteiger partial charge in [-0.25, -0.2) is 9.97 Å². The first-order valence-electron chi connectivity index (χ1n) is 8.61. The van der Waals surface area contributed by atoms with Gasteiger partial charge in [-0.1, -0.05) is 18.2 Å². The fourth-order valence-electron chi connectivity index (χ4n) is 3.14. The van der Waals surface area contributed by atoms with Crippen molar-refractivity contribution in [3.05, 3.63) is 46.6 Å². The second kappa shape index (κ2) is 7.32. The van der Waals surface area contributed by atoms with Gasteiger partial charge in [0.05, 0.1) is 17.2 Å². The van der Waals surface area contributed by atoms with Crippen LogP contribution in [0.2, 0.25) is 0 Å². The lowest BCUT2D eigenvalue weighted by molar-refractivity contribution is 0.208. The lowest BCUT2D eigenvalue weighted by Gasteiger charge is -2.11. The van der Waals surface area contributed by atoms with E-state index in [0.29, 0.717) is 6.54 Å². The number of fused-ring (bicyclic) bond motifs is 3. The maximum Gasteiger partial charge on any atom is 0.142 e. The van der Waals surface area contributed by atoms with Crippen LogP contribution in [0.5, 0.6) is 0 Å². The minimum atomic E-state index is -0.404. The van der Waals surface area contributed by atoms with Gasteiger partial charge >= 0.3 is 0 Å². The van der Waals surface area contributed by atoms with E-state index < -0.39 is 6.10 Å². The Morgan fingerprint density at radius 2 is 2.08 bits per heavy atom. The molecule has 130 valence electrons. The van der Waals surface area contributed by atoms with Crippen molar-refractivity contribution in [2.45, 2.75) is 42.9 Å². The maximum absolute atomic E-state index is 9.64. The van der Waals surface area contributed by atoms with Gasteiger partial charge in [0.25, 0.3) is 0 Å². The van der Waals surface area contributed by atoms with E-state index in [1.54, 1.807) is 18.7 Å². The number of aliphatic hydroxyl groups excluding tert-OH is 1. The van der Waals surface area contributed by atoms with Gasteiger partial charge in [-0.15, -0.1) is 23.1 Å². The number of nitrogens with one attached hydrogen (secondary N) is 1. The van der Waals surface area contributed by atoms with Crippen LogP contribution in [0.25, 0.3) is 10.2 Å². The van der Waals surface area contributed by atoms with Crippen molar-refractivity contribution in [3.63, 3.8) is 0 Å². The average Bonchev–Trinajstić information content (AvgIpc) is 3.19. The number of aromatic nitrogens is 2. The van der Waals surface area contributed by atoms with Gasteiger partial charge in [0.1, 0.15) is 16.5 Å². The Morgan fingerprint density at radius 1 is 1.24 bits per heavy atom. The molecule has 2 N–H and O–H groups in total. The summed E-state index contributed by atoms with van der Waals surface area (Å²) in [5.41, 5.74) is 1.41. The van der Waals surface area contributed by atoms with Crippen molar-refractivity contribution < 1.29 is 5.11 Å². The van der Waals surface area contributed by atoms with Gasteiger partial charge < -0.3 is 10.4 Å². The lowest BCUT2D eigenvalue weighted by Crippen LogP contribution is -2.17. The minimum absolute atomic E-state index is 0.404. The second-order valence-electron chi connectivity index (χ2n) is 6.36. The van der Waals surface area contributed by atoms with Gasteiger partial charge in [0.15, 0.2) is 0 Å². The van der Waals surface area contributed by atoms with Crippen molar-refractivity contribution >= 4 is 39.1 Å². The molecule has 4 nitrogen and oxygen atoms in total. The molecule has 6 heteroatoms. The average molecular weight is 372 g/mol. The molecule has 1 aromatic carbocycles. The van der Waals surface area contributed by atoms with E-state index in [1.165, 1.54) is 27.1 Å². The quantitative estimate of drug-likeness (QED) is 0.634. The van der Waals surface area contributed by atoms with Crippen molar-refractivity contribution in [2.75, 3.05) is 11.9 Å². The number of aliphatic hydroxyl groups is 1. The highest BCUT2D eigenvalue weighted by atomic mass is 32.2. The summed E-state index contributed by atoms with van der Waals surface area (Å²) in [6.07, 6.45) is 3.08. The number of nitrogens with zero attached hydrogens (tertiary/aromatic N) is 2. The molecule has 0 saturated carbocycles. The molecule has 0 radical (unpaired) electrons. The summed E-state index contributed by atoms with van der Waals surface area (Å²) in [6.45, 7) is 2.29. The molecule has 0 bridgehead atoms. The Bertz CT molecular complexity index is 877. The molecule has 3 aromatic rings. The molecule has 0 amide bonds. The number of hydrogen-bond acceptors (Lipinski definition) is 6. The summed E-state index contributed by atoms with van der Waals surface area (Å²) in [6, 6.07) is 10.3. The Labute approximate surface area is 155 Å². The van der Waals surface area contributed by atoms with Crippen LogP contribution in [0.4, 0.5) is 5.82 Å². The fourth-order valence-corrected chi connectivity index (χ4v) is 5.20. The normalized spacial score (nSPS) is 14.6. The minimum Gasteiger partial charge on any atom is -0.392 e. The summed E-state index contributed by atoms with van der Waals surface area (Å²) >= 11 is 3.56. The fraction of sp³-hybridized carbons (Fsp3) is 0.368. The molecule has 1 aliphatic rings. The van der Waals surface area contributed by atoms with Crippen molar-refractivity contribution in [1.82, 2.24) is 9.97 Å². The molecule has 1 atom stereocenters. The number of thiophene rings is 1. The maximum atomic E-state index is 9.64. The van der Waals surface area contributed by atoms with Gasteiger partial charge in [0, 0.05) is 16.3 Å². The highest BCUT2D eigenvalue weighted by Crippen LogP contribution is 2.39. The molecule has 0 aliphatic heterocycles. The van der Waals surface area contributed by atoms with Crippen LogP contribution < -0.4 is 5.32 Å². The third kappa shape index (κ3) is 3.66. The molecule has 0 fully saturated rings. The summed E-state index contributed by atoms with van der Waals surface area (Å²) in [4.78, 5) is 13.4. The Balaban J connectivity index is 1.65. The number of thioether (sulfide) groups is 1. The number of rotatable bonds is 6. The summed E-state index contributed by atoms with van der Waals surface area (Å²) in [7, 11) is 0. The zero-order valence-electron chi connectivity index (χ0n) is 14.2. The van der Waals surface area contributed by atoms with Crippen LogP contribution in [0.3, 0.4) is 0 Å². The Hall–Kier alpha value is -1.63. The SMILES string of the molecule is CC(O)CNc1nc(CSc2ccccc2)nc2sc3c(c12)CCC3. The van der Waals surface area contributed by atoms with Crippen LogP contribution in [0, 0.1) is 0 Å². The summed E-state index contributed by atoms with van der Waals surface area (Å²) in [5.74, 6) is 2.47. The Kier molecular flexibility index (Phi) is 4.92. The van der Waals surface area contributed by atoms with Crippen molar-refractivity contribution in [1.29, 1.82) is 0 Å². The van der Waals surface area contributed by atoms with Gasteiger partial charge in [-0.05, 0) is 43.9 Å². The van der Waals surface area contributed by atoms with E-state index in [-0.39, 0.29) is 0 Å². The molecule has 0 spiro atoms. The standard InChI is InChI=1S/C19H21N3OS2/c1-12(23)10-20-18-17-14-8-5-9-15(14)25-19(17)22-16(21-18)11-24-13-6-3-2-4-7-13/h2-4,6-7,12,23H,5,8-11H2,1H3,(H,20,21,22). The first-order valence-corrected chi connectivity index (χ1v) is 10.4. The highest BCUT2D eigenvalue weighted by molar-refractivity contribution is 7.98. The molecular formula is C19H21N3OS2. The van der Waals surface area contributed by atoms with Crippen LogP contribution in [-0.2, 0) is 18.6 Å². The summed E-state index contributed by atoms with van der Waals surface area (Å²) in [5, 5.41) is 14.2. The largest absolute Gasteiger partial charge is 0.392 e. The molecular weight excluding hydrogens is 350 g/mol. The van der Waals surface area contributed by atoms with E-state index >= 15 is 0 Å². The first-order chi connectivity index (χ1) is 12.2. The van der Waals surface area contributed by atoms with Crippen LogP contribution in [0.1, 0.15) is 29.6 Å². The third-order valence-corrected chi connectivity index (χ3v) is 6.48. The molecule has 4 rings (SSSR count). The topological polar surface area (TPSA) is 58.0 Å². The van der Waals surface area contributed by atoms with Crippen LogP contribution in [0.15, 0.2) is 35.2 Å². The van der Waals surface area contributed by atoms with E-state index in [9.17, 15) is 5.11 Å². The number of aryl methyl sites for hydroxylation is 2. The first kappa shape index (κ1) is 16.8. The van der Waals surface area contributed by atoms with Gasteiger partial charge in [0.2, 0.25) is 0 Å². The van der Waals surface area contributed by atoms with Gasteiger partial charge in [-0.2, -0.15) is 0 Å². The second-order valence-corrected chi connectivity index (χ2v) is 8.49. The Morgan fingerprint density at radius 3 is 2.88 bits per heavy atom. The zero-order valence-corrected chi connectivity index (χ0v) is 15.8. The van der Waals surface area contributed by atoms with Crippen LogP contribution >= 0.6 is 23.1 Å². The molecule has 1 aliphatic carbocycles. The van der Waals surface area contributed by atoms with E-state index in [4.69, 9.17) is 9.97 Å². The van der Waals surface area contributed by atoms with E-state index in [1.807, 2.05) is 29.5 Å². The van der Waals surface area contributed by atoms with Crippen molar-refractivity contribution in [2.24, 2.45) is 0 Å². The summed E-state index contributed by atoms with van der Waals surface area (Å²) < 4.78 is 0. The zero-order chi connectivity index (χ0) is 17.2. The van der Waals surface area contributed by atoms with Crippen molar-refractivity contribution in [3.8, 4) is 0 Å². The smallest absolute Gasteiger partial charge is 0.142 e. The third-order valence-electron chi connectivity index (χ3n) is 4.29. The lowest BCUT2D eigenvalue weighted by atomic mass is 10.2. The predicted molar refractivity (Wildman–Crippen MR) is 106 cm³/mol. The molecule has 0 saturated heterocycles. The molecule has 1 unspecified atom stereocenters. The number of benzene rings is 1. The predicted octanol–water partition coefficient (Wildman–Crippen LogP) is 4.27. The molecule has 2 aromatic heterocycles. The van der Waals surface area contributed by atoms with E-state index in [0.717, 1.165) is 35.1 Å². The number of anilines is 1. The monoisotopic (exact) mass is 371 g/mol. The van der Waals surface area contributed by atoms with Crippen LogP contribution in [-0.4, -0.2) is 27.7 Å². The van der Waals surface area contributed by atoms with E-state index in [2.05, 4.69) is 17.4 Å². The molecule has 2 heterocycles.